The molecular formula is C12H13ClN6O2. The van der Waals surface area contributed by atoms with E-state index in [0.29, 0.717) is 10.6 Å². The number of amides is 2. The molecule has 1 aromatic carbocycles. The van der Waals surface area contributed by atoms with Crippen molar-refractivity contribution in [1.29, 1.82) is 0 Å². The summed E-state index contributed by atoms with van der Waals surface area (Å²) in [5, 5.41) is 8.89. The second kappa shape index (κ2) is 5.80. The predicted octanol–water partition coefficient (Wildman–Crippen LogP) is 0.994. The molecule has 2 amide bonds. The number of aromatic amines is 1. The van der Waals surface area contributed by atoms with Crippen molar-refractivity contribution in [2.75, 3.05) is 25.1 Å². The summed E-state index contributed by atoms with van der Waals surface area (Å²) in [6, 6.07) is 4.59. The molecule has 0 aliphatic rings. The van der Waals surface area contributed by atoms with Gasteiger partial charge in [-0.05, 0) is 18.2 Å². The Labute approximate surface area is 125 Å². The van der Waals surface area contributed by atoms with Crippen LogP contribution in [0.2, 0.25) is 5.02 Å². The van der Waals surface area contributed by atoms with E-state index in [0.717, 1.165) is 0 Å². The second-order valence-corrected chi connectivity index (χ2v) is 4.82. The fourth-order valence-electron chi connectivity index (χ4n) is 1.61. The molecule has 0 atom stereocenters. The van der Waals surface area contributed by atoms with Crippen molar-refractivity contribution >= 4 is 35.1 Å². The summed E-state index contributed by atoms with van der Waals surface area (Å²) in [5.41, 5.74) is 5.93. The highest BCUT2D eigenvalue weighted by Gasteiger charge is 2.18. The van der Waals surface area contributed by atoms with E-state index < -0.39 is 5.91 Å². The van der Waals surface area contributed by atoms with Crippen LogP contribution in [0.15, 0.2) is 18.2 Å². The van der Waals surface area contributed by atoms with Crippen molar-refractivity contribution in [3.05, 3.63) is 34.6 Å². The van der Waals surface area contributed by atoms with Gasteiger partial charge in [-0.15, -0.1) is 5.10 Å². The van der Waals surface area contributed by atoms with Crippen molar-refractivity contribution < 1.29 is 9.59 Å². The fourth-order valence-corrected chi connectivity index (χ4v) is 1.78. The minimum atomic E-state index is -0.575. The molecule has 4 N–H and O–H groups in total. The number of nitrogen functional groups attached to an aromatic ring is 1. The first-order valence-electron chi connectivity index (χ1n) is 5.89. The molecule has 0 saturated heterocycles. The minimum absolute atomic E-state index is 0.0455. The molecule has 0 bridgehead atoms. The Hall–Kier alpha value is -2.61. The number of hydrogen-bond acceptors (Lipinski definition) is 5. The topological polar surface area (TPSA) is 117 Å². The lowest BCUT2D eigenvalue weighted by molar-refractivity contribution is 0.0828. The lowest BCUT2D eigenvalue weighted by atomic mass is 10.1. The number of nitrogens with two attached hydrogens (primary N) is 1. The van der Waals surface area contributed by atoms with Crippen molar-refractivity contribution in [3.8, 4) is 0 Å². The van der Waals surface area contributed by atoms with Crippen molar-refractivity contribution in [2.24, 2.45) is 0 Å². The number of halogens is 1. The number of nitrogens with one attached hydrogen (secondary N) is 2. The van der Waals surface area contributed by atoms with E-state index in [9.17, 15) is 9.59 Å². The van der Waals surface area contributed by atoms with E-state index in [4.69, 9.17) is 17.3 Å². The Bertz CT molecular complexity index is 697. The van der Waals surface area contributed by atoms with Crippen LogP contribution in [0.4, 0.5) is 11.6 Å². The summed E-state index contributed by atoms with van der Waals surface area (Å²) < 4.78 is 0. The van der Waals surface area contributed by atoms with Gasteiger partial charge in [-0.1, -0.05) is 11.6 Å². The number of nitrogens with zero attached hydrogens (tertiary/aromatic N) is 3. The van der Waals surface area contributed by atoms with Gasteiger partial charge < -0.3 is 16.0 Å². The van der Waals surface area contributed by atoms with Crippen LogP contribution in [0, 0.1) is 0 Å². The van der Waals surface area contributed by atoms with Gasteiger partial charge >= 0.3 is 0 Å². The van der Waals surface area contributed by atoms with Crippen molar-refractivity contribution in [3.63, 3.8) is 0 Å². The number of anilines is 2. The van der Waals surface area contributed by atoms with Gasteiger partial charge in [-0.3, -0.25) is 14.7 Å². The largest absolute Gasteiger partial charge is 0.366 e. The molecule has 110 valence electrons. The number of H-pyrrole nitrogens is 1. The molecule has 0 unspecified atom stereocenters. The van der Waals surface area contributed by atoms with E-state index >= 15 is 0 Å². The Morgan fingerprint density at radius 2 is 2.10 bits per heavy atom. The summed E-state index contributed by atoms with van der Waals surface area (Å²) in [7, 11) is 3.22. The summed E-state index contributed by atoms with van der Waals surface area (Å²) in [6.45, 7) is 0. The molecule has 0 saturated carbocycles. The Balaban J connectivity index is 2.32. The molecule has 0 fully saturated rings. The third-order valence-electron chi connectivity index (χ3n) is 2.58. The third-order valence-corrected chi connectivity index (χ3v) is 2.82. The Morgan fingerprint density at radius 1 is 1.38 bits per heavy atom. The van der Waals surface area contributed by atoms with Crippen LogP contribution in [0.1, 0.15) is 21.0 Å². The predicted molar refractivity (Wildman–Crippen MR) is 78.2 cm³/mol. The van der Waals surface area contributed by atoms with E-state index in [1.807, 2.05) is 0 Å². The Morgan fingerprint density at radius 3 is 2.67 bits per heavy atom. The number of aromatic nitrogens is 3. The van der Waals surface area contributed by atoms with Crippen LogP contribution < -0.4 is 11.1 Å². The first-order chi connectivity index (χ1) is 9.88. The average Bonchev–Trinajstić information content (AvgIpc) is 2.85. The number of carbonyl (C=O) groups is 2. The lowest BCUT2D eigenvalue weighted by Crippen LogP contribution is -2.24. The lowest BCUT2D eigenvalue weighted by Gasteiger charge is -2.14. The molecule has 2 rings (SSSR count). The molecule has 1 aromatic heterocycles. The molecule has 9 heteroatoms. The van der Waals surface area contributed by atoms with Crippen LogP contribution in [0.25, 0.3) is 0 Å². The maximum absolute atomic E-state index is 12.1. The van der Waals surface area contributed by atoms with Crippen molar-refractivity contribution in [2.45, 2.75) is 0 Å². The van der Waals surface area contributed by atoms with E-state index in [2.05, 4.69) is 20.5 Å². The molecule has 0 spiro atoms. The summed E-state index contributed by atoms with van der Waals surface area (Å²) in [4.78, 5) is 29.2. The van der Waals surface area contributed by atoms with Crippen LogP contribution in [-0.2, 0) is 0 Å². The maximum Gasteiger partial charge on any atom is 0.293 e. The van der Waals surface area contributed by atoms with Crippen LogP contribution >= 0.6 is 11.6 Å². The quantitative estimate of drug-likeness (QED) is 0.781. The van der Waals surface area contributed by atoms with Crippen LogP contribution in [0.3, 0.4) is 0 Å². The van der Waals surface area contributed by atoms with E-state index in [1.54, 1.807) is 20.2 Å². The molecule has 21 heavy (non-hydrogen) atoms. The molecular weight excluding hydrogens is 296 g/mol. The van der Waals surface area contributed by atoms with Gasteiger partial charge in [-0.25, -0.2) is 0 Å². The highest BCUT2D eigenvalue weighted by Crippen LogP contribution is 2.22. The van der Waals surface area contributed by atoms with Gasteiger partial charge in [0.05, 0.1) is 11.3 Å². The molecule has 1 heterocycles. The van der Waals surface area contributed by atoms with Crippen LogP contribution in [0.5, 0.6) is 0 Å². The first-order valence-corrected chi connectivity index (χ1v) is 6.26. The van der Waals surface area contributed by atoms with Gasteiger partial charge in [0.15, 0.2) is 0 Å². The number of rotatable bonds is 3. The zero-order chi connectivity index (χ0) is 15.6. The molecule has 0 aliphatic heterocycles. The van der Waals surface area contributed by atoms with Crippen molar-refractivity contribution in [1.82, 2.24) is 20.1 Å². The number of hydrogen-bond donors (Lipinski definition) is 3. The minimum Gasteiger partial charge on any atom is -0.366 e. The summed E-state index contributed by atoms with van der Waals surface area (Å²) in [6.07, 6.45) is 0. The average molecular weight is 309 g/mol. The maximum atomic E-state index is 12.1. The fraction of sp³-hybridized carbons (Fsp3) is 0.167. The van der Waals surface area contributed by atoms with E-state index in [1.165, 1.54) is 17.0 Å². The Kier molecular flexibility index (Phi) is 4.08. The number of benzene rings is 1. The third kappa shape index (κ3) is 3.29. The van der Waals surface area contributed by atoms with Gasteiger partial charge in [-0.2, -0.15) is 4.98 Å². The molecule has 0 radical (unpaired) electrons. The monoisotopic (exact) mass is 308 g/mol. The highest BCUT2D eigenvalue weighted by atomic mass is 35.5. The molecule has 0 aliphatic carbocycles. The summed E-state index contributed by atoms with van der Waals surface area (Å²) in [5.74, 6) is -0.945. The molecule has 8 nitrogen and oxygen atoms in total. The van der Waals surface area contributed by atoms with Gasteiger partial charge in [0.25, 0.3) is 11.8 Å². The zero-order valence-electron chi connectivity index (χ0n) is 11.3. The standard InChI is InChI=1S/C12H13ClN6O2/c1-19(2)11(21)7-4-3-6(13)5-8(7)15-10(20)9-16-12(14)18-17-9/h3-5H,1-2H3,(H,15,20)(H3,14,16,17,18). The SMILES string of the molecule is CN(C)C(=O)c1ccc(Cl)cc1NC(=O)c1nc(N)n[nH]1. The van der Waals surface area contributed by atoms with Gasteiger partial charge in [0.1, 0.15) is 0 Å². The second-order valence-electron chi connectivity index (χ2n) is 4.39. The molecule has 2 aromatic rings. The van der Waals surface area contributed by atoms with Gasteiger partial charge in [0, 0.05) is 19.1 Å². The zero-order valence-corrected chi connectivity index (χ0v) is 12.1. The van der Waals surface area contributed by atoms with Crippen LogP contribution in [-0.4, -0.2) is 46.0 Å². The number of carbonyl (C=O) groups excluding carboxylic acids is 2. The first kappa shape index (κ1) is 14.8. The normalized spacial score (nSPS) is 10.2. The summed E-state index contributed by atoms with van der Waals surface area (Å²) >= 11 is 5.90. The van der Waals surface area contributed by atoms with Gasteiger partial charge in [0.2, 0.25) is 11.8 Å². The highest BCUT2D eigenvalue weighted by molar-refractivity contribution is 6.31. The van der Waals surface area contributed by atoms with E-state index in [-0.39, 0.29) is 23.4 Å². The smallest absolute Gasteiger partial charge is 0.293 e.